The van der Waals surface area contributed by atoms with Crippen molar-refractivity contribution in [3.05, 3.63) is 34.9 Å². The summed E-state index contributed by atoms with van der Waals surface area (Å²) in [5.74, 6) is 1.71. The summed E-state index contributed by atoms with van der Waals surface area (Å²) in [5, 5.41) is 0.820. The van der Waals surface area contributed by atoms with Gasteiger partial charge < -0.3 is 0 Å². The monoisotopic (exact) mass is 300 g/mol. The molecule has 1 aliphatic carbocycles. The van der Waals surface area contributed by atoms with Gasteiger partial charge in [-0.2, -0.15) is 0 Å². The lowest BCUT2D eigenvalue weighted by atomic mass is 9.80. The number of rotatable bonds is 2. The molecule has 16 heavy (non-hydrogen) atoms. The number of hydrogen-bond acceptors (Lipinski definition) is 0. The van der Waals surface area contributed by atoms with E-state index in [1.807, 2.05) is 12.1 Å². The van der Waals surface area contributed by atoms with Crippen molar-refractivity contribution >= 4 is 27.5 Å². The molecule has 1 fully saturated rings. The molecule has 2 rings (SSSR count). The lowest BCUT2D eigenvalue weighted by Crippen LogP contribution is -2.16. The molecular weight excluding hydrogens is 284 g/mol. The Morgan fingerprint density at radius 2 is 1.69 bits per heavy atom. The van der Waals surface area contributed by atoms with Crippen molar-refractivity contribution in [1.82, 2.24) is 0 Å². The SMILES string of the molecule is CC1CCC(C(Br)c2ccc(Cl)cc2)CC1. The Balaban J connectivity index is 2.01. The molecule has 1 aromatic carbocycles. The molecule has 0 bridgehead atoms. The Labute approximate surface area is 112 Å². The maximum absolute atomic E-state index is 5.91. The summed E-state index contributed by atoms with van der Waals surface area (Å²) < 4.78 is 0. The van der Waals surface area contributed by atoms with Gasteiger partial charge in [-0.15, -0.1) is 0 Å². The Morgan fingerprint density at radius 1 is 1.12 bits per heavy atom. The molecule has 2 heteroatoms. The van der Waals surface area contributed by atoms with Crippen LogP contribution in [-0.2, 0) is 0 Å². The van der Waals surface area contributed by atoms with Gasteiger partial charge in [0.15, 0.2) is 0 Å². The van der Waals surface area contributed by atoms with Crippen LogP contribution in [0.1, 0.15) is 43.0 Å². The lowest BCUT2D eigenvalue weighted by Gasteiger charge is -2.30. The van der Waals surface area contributed by atoms with Crippen LogP contribution in [0.25, 0.3) is 0 Å². The molecule has 0 saturated heterocycles. The first-order chi connectivity index (χ1) is 7.66. The van der Waals surface area contributed by atoms with Gasteiger partial charge in [0, 0.05) is 9.85 Å². The fourth-order valence-electron chi connectivity index (χ4n) is 2.50. The standard InChI is InChI=1S/C14H18BrCl/c1-10-2-4-11(5-3-10)14(15)12-6-8-13(16)9-7-12/h6-11,14H,2-5H2,1H3. The highest BCUT2D eigenvalue weighted by molar-refractivity contribution is 9.09. The van der Waals surface area contributed by atoms with Gasteiger partial charge in [-0.25, -0.2) is 0 Å². The van der Waals surface area contributed by atoms with E-state index in [1.54, 1.807) is 0 Å². The van der Waals surface area contributed by atoms with Crippen molar-refractivity contribution in [2.45, 2.75) is 37.4 Å². The average molecular weight is 302 g/mol. The molecule has 0 heterocycles. The van der Waals surface area contributed by atoms with Crippen LogP contribution in [0.15, 0.2) is 24.3 Å². The van der Waals surface area contributed by atoms with E-state index in [9.17, 15) is 0 Å². The van der Waals surface area contributed by atoms with E-state index in [0.717, 1.165) is 16.9 Å². The second kappa shape index (κ2) is 5.55. The van der Waals surface area contributed by atoms with Crippen molar-refractivity contribution in [1.29, 1.82) is 0 Å². The number of hydrogen-bond donors (Lipinski definition) is 0. The molecule has 0 aromatic heterocycles. The Kier molecular flexibility index (Phi) is 4.32. The van der Waals surface area contributed by atoms with Crippen LogP contribution < -0.4 is 0 Å². The van der Waals surface area contributed by atoms with E-state index in [-0.39, 0.29) is 0 Å². The Bertz CT molecular complexity index is 325. The molecule has 1 aliphatic rings. The van der Waals surface area contributed by atoms with Crippen molar-refractivity contribution < 1.29 is 0 Å². The van der Waals surface area contributed by atoms with Crippen LogP contribution >= 0.6 is 27.5 Å². The summed E-state index contributed by atoms with van der Waals surface area (Å²) in [6.45, 7) is 2.36. The van der Waals surface area contributed by atoms with Gasteiger partial charge in [-0.3, -0.25) is 0 Å². The maximum Gasteiger partial charge on any atom is 0.0423 e. The predicted octanol–water partition coefficient (Wildman–Crippen LogP) is 5.60. The minimum atomic E-state index is 0.497. The number of benzene rings is 1. The van der Waals surface area contributed by atoms with Gasteiger partial charge in [0.2, 0.25) is 0 Å². The summed E-state index contributed by atoms with van der Waals surface area (Å²) in [4.78, 5) is 0.497. The molecule has 1 atom stereocenters. The van der Waals surface area contributed by atoms with Gasteiger partial charge in [0.05, 0.1) is 0 Å². The summed E-state index contributed by atoms with van der Waals surface area (Å²) >= 11 is 9.75. The molecule has 1 saturated carbocycles. The fraction of sp³-hybridized carbons (Fsp3) is 0.571. The number of alkyl halides is 1. The van der Waals surface area contributed by atoms with E-state index >= 15 is 0 Å². The van der Waals surface area contributed by atoms with Crippen LogP contribution in [0.5, 0.6) is 0 Å². The highest BCUT2D eigenvalue weighted by Crippen LogP contribution is 2.41. The van der Waals surface area contributed by atoms with E-state index in [0.29, 0.717) is 4.83 Å². The van der Waals surface area contributed by atoms with Crippen LogP contribution in [0.3, 0.4) is 0 Å². The normalized spacial score (nSPS) is 27.7. The van der Waals surface area contributed by atoms with Gasteiger partial charge >= 0.3 is 0 Å². The van der Waals surface area contributed by atoms with Gasteiger partial charge in [0.1, 0.15) is 0 Å². The molecule has 1 unspecified atom stereocenters. The summed E-state index contributed by atoms with van der Waals surface area (Å²) in [6, 6.07) is 8.24. The third-order valence-corrected chi connectivity index (χ3v) is 5.19. The van der Waals surface area contributed by atoms with E-state index < -0.39 is 0 Å². The minimum Gasteiger partial charge on any atom is -0.0843 e. The van der Waals surface area contributed by atoms with Crippen molar-refractivity contribution in [2.24, 2.45) is 11.8 Å². The lowest BCUT2D eigenvalue weighted by molar-refractivity contribution is 0.287. The Hall–Kier alpha value is -0.0100. The molecule has 0 spiro atoms. The van der Waals surface area contributed by atoms with Crippen LogP contribution in [0.2, 0.25) is 5.02 Å². The molecule has 88 valence electrons. The zero-order chi connectivity index (χ0) is 11.5. The molecule has 0 aliphatic heterocycles. The molecule has 1 aromatic rings. The summed E-state index contributed by atoms with van der Waals surface area (Å²) in [5.41, 5.74) is 1.36. The third-order valence-electron chi connectivity index (χ3n) is 3.66. The van der Waals surface area contributed by atoms with Crippen molar-refractivity contribution in [3.63, 3.8) is 0 Å². The highest BCUT2D eigenvalue weighted by atomic mass is 79.9. The van der Waals surface area contributed by atoms with Crippen LogP contribution in [0.4, 0.5) is 0 Å². The van der Waals surface area contributed by atoms with Crippen LogP contribution in [-0.4, -0.2) is 0 Å². The fourth-order valence-corrected chi connectivity index (χ4v) is 3.46. The Morgan fingerprint density at radius 3 is 2.25 bits per heavy atom. The zero-order valence-corrected chi connectivity index (χ0v) is 12.0. The molecule has 0 amide bonds. The van der Waals surface area contributed by atoms with Crippen LogP contribution in [0, 0.1) is 11.8 Å². The zero-order valence-electron chi connectivity index (χ0n) is 9.63. The van der Waals surface area contributed by atoms with E-state index in [1.165, 1.54) is 31.2 Å². The highest BCUT2D eigenvalue weighted by Gasteiger charge is 2.25. The average Bonchev–Trinajstić information content (AvgIpc) is 2.30. The first-order valence-corrected chi connectivity index (χ1v) is 7.35. The van der Waals surface area contributed by atoms with Gasteiger partial charge in [-0.05, 0) is 42.4 Å². The molecule has 0 N–H and O–H groups in total. The molecule has 0 radical (unpaired) electrons. The first kappa shape index (κ1) is 12.4. The largest absolute Gasteiger partial charge is 0.0843 e. The topological polar surface area (TPSA) is 0 Å². The number of halogens is 2. The predicted molar refractivity (Wildman–Crippen MR) is 74.2 cm³/mol. The molecular formula is C14H18BrCl. The second-order valence-corrected chi connectivity index (χ2v) is 6.40. The van der Waals surface area contributed by atoms with Gasteiger partial charge in [-0.1, -0.05) is 59.4 Å². The summed E-state index contributed by atoms with van der Waals surface area (Å²) in [6.07, 6.45) is 5.44. The van der Waals surface area contributed by atoms with Crippen molar-refractivity contribution in [3.8, 4) is 0 Å². The summed E-state index contributed by atoms with van der Waals surface area (Å²) in [7, 11) is 0. The van der Waals surface area contributed by atoms with Crippen molar-refractivity contribution in [2.75, 3.05) is 0 Å². The quantitative estimate of drug-likeness (QED) is 0.623. The second-order valence-electron chi connectivity index (χ2n) is 4.97. The van der Waals surface area contributed by atoms with E-state index in [4.69, 9.17) is 11.6 Å². The smallest absolute Gasteiger partial charge is 0.0423 e. The first-order valence-electron chi connectivity index (χ1n) is 6.06. The van der Waals surface area contributed by atoms with E-state index in [2.05, 4.69) is 35.0 Å². The molecule has 0 nitrogen and oxygen atoms in total. The minimum absolute atomic E-state index is 0.497. The maximum atomic E-state index is 5.91. The third kappa shape index (κ3) is 3.01. The van der Waals surface area contributed by atoms with Gasteiger partial charge in [0.25, 0.3) is 0 Å².